The van der Waals surface area contributed by atoms with Crippen LogP contribution in [0.5, 0.6) is 0 Å². The van der Waals surface area contributed by atoms with Gasteiger partial charge in [-0.1, -0.05) is 17.7 Å². The second-order valence-electron chi connectivity index (χ2n) is 5.41. The van der Waals surface area contributed by atoms with E-state index in [1.54, 1.807) is 12.1 Å². The van der Waals surface area contributed by atoms with E-state index in [-0.39, 0.29) is 24.9 Å². The maximum atomic E-state index is 11.8. The Hall–Kier alpha value is -2.37. The molecular formula is C15H18N2O4. The van der Waals surface area contributed by atoms with Crippen LogP contribution in [-0.2, 0) is 9.59 Å². The smallest absolute Gasteiger partial charge is 0.311 e. The Morgan fingerprint density at radius 1 is 1.14 bits per heavy atom. The Balaban J connectivity index is 1.75. The zero-order chi connectivity index (χ0) is 15.5. The SMILES string of the molecule is Cc1ccc(C(=O)NCC(=O)NCC2(C(=O)O)CC2)cc1. The molecule has 1 aromatic carbocycles. The summed E-state index contributed by atoms with van der Waals surface area (Å²) < 4.78 is 0. The fourth-order valence-corrected chi connectivity index (χ4v) is 1.91. The summed E-state index contributed by atoms with van der Waals surface area (Å²) in [5.74, 6) is -1.60. The first-order valence-electron chi connectivity index (χ1n) is 6.78. The highest BCUT2D eigenvalue weighted by atomic mass is 16.4. The summed E-state index contributed by atoms with van der Waals surface area (Å²) in [6.07, 6.45) is 1.16. The summed E-state index contributed by atoms with van der Waals surface area (Å²) in [6.45, 7) is 1.87. The number of carboxylic acids is 1. The molecular weight excluding hydrogens is 272 g/mol. The van der Waals surface area contributed by atoms with Gasteiger partial charge in [0, 0.05) is 12.1 Å². The Labute approximate surface area is 122 Å². The monoisotopic (exact) mass is 290 g/mol. The van der Waals surface area contributed by atoms with Gasteiger partial charge < -0.3 is 15.7 Å². The minimum absolute atomic E-state index is 0.113. The third-order valence-electron chi connectivity index (χ3n) is 3.65. The van der Waals surface area contributed by atoms with Gasteiger partial charge in [0.15, 0.2) is 0 Å². The van der Waals surface area contributed by atoms with Crippen LogP contribution in [0.25, 0.3) is 0 Å². The predicted molar refractivity (Wildman–Crippen MR) is 75.8 cm³/mol. The molecule has 0 spiro atoms. The Morgan fingerprint density at radius 2 is 1.76 bits per heavy atom. The summed E-state index contributed by atoms with van der Waals surface area (Å²) in [7, 11) is 0. The number of carboxylic acid groups (broad SMARTS) is 1. The number of aryl methyl sites for hydroxylation is 1. The summed E-state index contributed by atoms with van der Waals surface area (Å²) in [5.41, 5.74) is 0.738. The van der Waals surface area contributed by atoms with Crippen LogP contribution >= 0.6 is 0 Å². The van der Waals surface area contributed by atoms with Crippen LogP contribution in [0.1, 0.15) is 28.8 Å². The summed E-state index contributed by atoms with van der Waals surface area (Å²) >= 11 is 0. The van der Waals surface area contributed by atoms with Crippen molar-refractivity contribution in [1.29, 1.82) is 0 Å². The minimum atomic E-state index is -0.883. The van der Waals surface area contributed by atoms with Gasteiger partial charge in [-0.3, -0.25) is 14.4 Å². The van der Waals surface area contributed by atoms with Crippen LogP contribution in [0, 0.1) is 12.3 Å². The van der Waals surface area contributed by atoms with Crippen molar-refractivity contribution >= 4 is 17.8 Å². The lowest BCUT2D eigenvalue weighted by atomic mass is 10.1. The van der Waals surface area contributed by atoms with E-state index in [2.05, 4.69) is 10.6 Å². The molecule has 1 fully saturated rings. The normalized spacial score (nSPS) is 15.1. The first kappa shape index (κ1) is 15.0. The molecule has 0 aliphatic heterocycles. The van der Waals surface area contributed by atoms with Gasteiger partial charge in [-0.25, -0.2) is 0 Å². The highest BCUT2D eigenvalue weighted by molar-refractivity contribution is 5.96. The van der Waals surface area contributed by atoms with Crippen LogP contribution in [-0.4, -0.2) is 36.0 Å². The van der Waals surface area contributed by atoms with E-state index >= 15 is 0 Å². The molecule has 1 saturated carbocycles. The lowest BCUT2D eigenvalue weighted by molar-refractivity contribution is -0.143. The van der Waals surface area contributed by atoms with E-state index in [1.807, 2.05) is 19.1 Å². The molecule has 0 saturated heterocycles. The van der Waals surface area contributed by atoms with Crippen molar-refractivity contribution in [2.45, 2.75) is 19.8 Å². The molecule has 0 atom stereocenters. The van der Waals surface area contributed by atoms with E-state index in [0.717, 1.165) is 5.56 Å². The average Bonchev–Trinajstić information content (AvgIpc) is 3.24. The summed E-state index contributed by atoms with van der Waals surface area (Å²) in [5, 5.41) is 14.0. The van der Waals surface area contributed by atoms with E-state index < -0.39 is 11.4 Å². The van der Waals surface area contributed by atoms with E-state index in [9.17, 15) is 14.4 Å². The van der Waals surface area contributed by atoms with Crippen molar-refractivity contribution < 1.29 is 19.5 Å². The van der Waals surface area contributed by atoms with Crippen LogP contribution < -0.4 is 10.6 Å². The molecule has 3 N–H and O–H groups in total. The predicted octanol–water partition coefficient (Wildman–Crippen LogP) is 0.706. The van der Waals surface area contributed by atoms with Gasteiger partial charge in [0.2, 0.25) is 5.91 Å². The molecule has 1 aliphatic carbocycles. The third-order valence-corrected chi connectivity index (χ3v) is 3.65. The Morgan fingerprint density at radius 3 is 2.29 bits per heavy atom. The molecule has 0 heterocycles. The maximum Gasteiger partial charge on any atom is 0.311 e. The fraction of sp³-hybridized carbons (Fsp3) is 0.400. The average molecular weight is 290 g/mol. The van der Waals surface area contributed by atoms with Crippen molar-refractivity contribution in [3.8, 4) is 0 Å². The van der Waals surface area contributed by atoms with Gasteiger partial charge in [-0.05, 0) is 31.9 Å². The second kappa shape index (κ2) is 5.95. The van der Waals surface area contributed by atoms with Crippen molar-refractivity contribution in [3.63, 3.8) is 0 Å². The number of carbonyl (C=O) groups is 3. The second-order valence-corrected chi connectivity index (χ2v) is 5.41. The fourth-order valence-electron chi connectivity index (χ4n) is 1.91. The number of benzene rings is 1. The largest absolute Gasteiger partial charge is 0.481 e. The molecule has 0 radical (unpaired) electrons. The lowest BCUT2D eigenvalue weighted by Crippen LogP contribution is -2.40. The molecule has 0 aromatic heterocycles. The Bertz CT molecular complexity index is 562. The van der Waals surface area contributed by atoms with Gasteiger partial charge in [-0.15, -0.1) is 0 Å². The number of hydrogen-bond acceptors (Lipinski definition) is 3. The van der Waals surface area contributed by atoms with Crippen LogP contribution in [0.4, 0.5) is 0 Å². The summed E-state index contributed by atoms with van der Waals surface area (Å²) in [4.78, 5) is 34.4. The van der Waals surface area contributed by atoms with Crippen molar-refractivity contribution in [2.24, 2.45) is 5.41 Å². The highest BCUT2D eigenvalue weighted by Gasteiger charge is 2.50. The molecule has 112 valence electrons. The number of carbonyl (C=O) groups excluding carboxylic acids is 2. The number of hydrogen-bond donors (Lipinski definition) is 3. The number of nitrogens with one attached hydrogen (secondary N) is 2. The topological polar surface area (TPSA) is 95.5 Å². The zero-order valence-electron chi connectivity index (χ0n) is 11.8. The highest BCUT2D eigenvalue weighted by Crippen LogP contribution is 2.45. The molecule has 1 aliphatic rings. The lowest BCUT2D eigenvalue weighted by Gasteiger charge is -2.11. The molecule has 1 aromatic rings. The van der Waals surface area contributed by atoms with Gasteiger partial charge in [0.25, 0.3) is 5.91 Å². The first-order chi connectivity index (χ1) is 9.93. The van der Waals surface area contributed by atoms with Crippen molar-refractivity contribution in [2.75, 3.05) is 13.1 Å². The molecule has 6 nitrogen and oxygen atoms in total. The third kappa shape index (κ3) is 3.81. The number of aliphatic carboxylic acids is 1. The quantitative estimate of drug-likeness (QED) is 0.719. The number of rotatable bonds is 6. The van der Waals surface area contributed by atoms with Gasteiger partial charge in [-0.2, -0.15) is 0 Å². The van der Waals surface area contributed by atoms with Gasteiger partial charge in [0.1, 0.15) is 0 Å². The van der Waals surface area contributed by atoms with Crippen molar-refractivity contribution in [1.82, 2.24) is 10.6 Å². The van der Waals surface area contributed by atoms with E-state index in [4.69, 9.17) is 5.11 Å². The Kier molecular flexibility index (Phi) is 4.26. The van der Waals surface area contributed by atoms with Gasteiger partial charge in [0.05, 0.1) is 12.0 Å². The van der Waals surface area contributed by atoms with Crippen molar-refractivity contribution in [3.05, 3.63) is 35.4 Å². The van der Waals surface area contributed by atoms with Gasteiger partial charge >= 0.3 is 5.97 Å². The first-order valence-corrected chi connectivity index (χ1v) is 6.78. The van der Waals surface area contributed by atoms with Crippen LogP contribution in [0.15, 0.2) is 24.3 Å². The standard InChI is InChI=1S/C15H18N2O4/c1-10-2-4-11(5-3-10)13(19)16-8-12(18)17-9-15(6-7-15)14(20)21/h2-5H,6-9H2,1H3,(H,16,19)(H,17,18)(H,20,21). The molecule has 2 amide bonds. The molecule has 0 unspecified atom stereocenters. The zero-order valence-corrected chi connectivity index (χ0v) is 11.8. The maximum absolute atomic E-state index is 11.8. The molecule has 21 heavy (non-hydrogen) atoms. The number of amides is 2. The van der Waals surface area contributed by atoms with E-state index in [1.165, 1.54) is 0 Å². The summed E-state index contributed by atoms with van der Waals surface area (Å²) in [6, 6.07) is 7.01. The minimum Gasteiger partial charge on any atom is -0.481 e. The van der Waals surface area contributed by atoms with Crippen LogP contribution in [0.2, 0.25) is 0 Å². The molecule has 6 heteroatoms. The molecule has 2 rings (SSSR count). The van der Waals surface area contributed by atoms with Crippen LogP contribution in [0.3, 0.4) is 0 Å². The van der Waals surface area contributed by atoms with E-state index in [0.29, 0.717) is 18.4 Å². The molecule has 0 bridgehead atoms.